The van der Waals surface area contributed by atoms with Gasteiger partial charge in [-0.05, 0) is 42.3 Å². The molecule has 2 aromatic rings. The molecule has 0 aromatic heterocycles. The van der Waals surface area contributed by atoms with Crippen molar-refractivity contribution in [3.63, 3.8) is 0 Å². The van der Waals surface area contributed by atoms with Crippen molar-refractivity contribution in [2.75, 3.05) is 6.61 Å². The quantitative estimate of drug-likeness (QED) is 0.742. The van der Waals surface area contributed by atoms with Crippen LogP contribution in [0.5, 0.6) is 5.75 Å². The van der Waals surface area contributed by atoms with Crippen LogP contribution in [0.15, 0.2) is 46.9 Å². The van der Waals surface area contributed by atoms with Crippen LogP contribution >= 0.6 is 15.9 Å². The number of hydrogen-bond acceptors (Lipinski definition) is 1. The maximum absolute atomic E-state index is 5.79. The fourth-order valence-corrected chi connectivity index (χ4v) is 2.46. The molecule has 2 heteroatoms. The van der Waals surface area contributed by atoms with E-state index in [-0.39, 0.29) is 0 Å². The molecule has 0 saturated heterocycles. The summed E-state index contributed by atoms with van der Waals surface area (Å²) in [6.07, 6.45) is 2.20. The second-order valence-electron chi connectivity index (χ2n) is 4.51. The average Bonchev–Trinajstić information content (AvgIpc) is 2.38. The lowest BCUT2D eigenvalue weighted by atomic mass is 10.0. The van der Waals surface area contributed by atoms with E-state index in [0.717, 1.165) is 15.8 Å². The van der Waals surface area contributed by atoms with Gasteiger partial charge in [0.2, 0.25) is 0 Å². The highest BCUT2D eigenvalue weighted by atomic mass is 79.9. The predicted molar refractivity (Wildman–Crippen MR) is 78.7 cm³/mol. The summed E-state index contributed by atoms with van der Waals surface area (Å²) in [5.74, 6) is 0.953. The molecule has 0 aliphatic carbocycles. The summed E-state index contributed by atoms with van der Waals surface area (Å²) < 4.78 is 6.86. The smallest absolute Gasteiger partial charge is 0.127 e. The molecular formula is C16H13BrO. The molecule has 1 aliphatic heterocycles. The Balaban J connectivity index is 2.02. The Morgan fingerprint density at radius 1 is 1.06 bits per heavy atom. The fourth-order valence-electron chi connectivity index (χ4n) is 2.08. The van der Waals surface area contributed by atoms with Crippen LogP contribution in [0.4, 0.5) is 0 Å². The van der Waals surface area contributed by atoms with Crippen molar-refractivity contribution in [3.8, 4) is 5.75 Å². The van der Waals surface area contributed by atoms with Gasteiger partial charge >= 0.3 is 0 Å². The largest absolute Gasteiger partial charge is 0.488 e. The SMILES string of the molecule is Cc1ccc(C2=Cc3cc(Br)ccc3OC2)cc1. The minimum absolute atomic E-state index is 0.637. The van der Waals surface area contributed by atoms with Gasteiger partial charge in [-0.2, -0.15) is 0 Å². The lowest BCUT2D eigenvalue weighted by Gasteiger charge is -2.18. The summed E-state index contributed by atoms with van der Waals surface area (Å²) in [5, 5.41) is 0. The van der Waals surface area contributed by atoms with E-state index in [1.165, 1.54) is 16.7 Å². The van der Waals surface area contributed by atoms with Gasteiger partial charge in [-0.3, -0.25) is 0 Å². The molecule has 1 nitrogen and oxygen atoms in total. The molecule has 2 aromatic carbocycles. The molecule has 0 atom stereocenters. The maximum Gasteiger partial charge on any atom is 0.127 e. The average molecular weight is 301 g/mol. The Kier molecular flexibility index (Phi) is 2.96. The Bertz CT molecular complexity index is 611. The summed E-state index contributed by atoms with van der Waals surface area (Å²) >= 11 is 3.49. The van der Waals surface area contributed by atoms with Crippen molar-refractivity contribution in [2.24, 2.45) is 0 Å². The highest BCUT2D eigenvalue weighted by Crippen LogP contribution is 2.32. The zero-order valence-corrected chi connectivity index (χ0v) is 11.7. The summed E-state index contributed by atoms with van der Waals surface area (Å²) in [6, 6.07) is 14.6. The minimum Gasteiger partial charge on any atom is -0.488 e. The molecule has 18 heavy (non-hydrogen) atoms. The lowest BCUT2D eigenvalue weighted by molar-refractivity contribution is 0.365. The predicted octanol–water partition coefficient (Wildman–Crippen LogP) is 4.69. The molecule has 0 N–H and O–H groups in total. The number of aryl methyl sites for hydroxylation is 1. The zero-order chi connectivity index (χ0) is 12.5. The third-order valence-electron chi connectivity index (χ3n) is 3.11. The lowest BCUT2D eigenvalue weighted by Crippen LogP contribution is -2.06. The fraction of sp³-hybridized carbons (Fsp3) is 0.125. The van der Waals surface area contributed by atoms with E-state index >= 15 is 0 Å². The van der Waals surface area contributed by atoms with Crippen LogP contribution in [0.3, 0.4) is 0 Å². The van der Waals surface area contributed by atoms with Gasteiger partial charge in [0.15, 0.2) is 0 Å². The van der Waals surface area contributed by atoms with E-state index in [2.05, 4.69) is 59.3 Å². The van der Waals surface area contributed by atoms with E-state index in [1.54, 1.807) is 0 Å². The second kappa shape index (κ2) is 4.62. The van der Waals surface area contributed by atoms with Crippen LogP contribution in [-0.4, -0.2) is 6.61 Å². The van der Waals surface area contributed by atoms with E-state index in [1.807, 2.05) is 12.1 Å². The van der Waals surface area contributed by atoms with Gasteiger partial charge in [0, 0.05) is 10.0 Å². The van der Waals surface area contributed by atoms with E-state index in [0.29, 0.717) is 6.61 Å². The third kappa shape index (κ3) is 2.21. The van der Waals surface area contributed by atoms with Crippen LogP contribution in [0, 0.1) is 6.92 Å². The van der Waals surface area contributed by atoms with Gasteiger partial charge in [-0.25, -0.2) is 0 Å². The Labute approximate surface area is 115 Å². The first-order chi connectivity index (χ1) is 8.72. The van der Waals surface area contributed by atoms with Crippen molar-refractivity contribution in [2.45, 2.75) is 6.92 Å². The van der Waals surface area contributed by atoms with Gasteiger partial charge in [-0.15, -0.1) is 0 Å². The highest BCUT2D eigenvalue weighted by molar-refractivity contribution is 9.10. The molecule has 0 radical (unpaired) electrons. The molecule has 1 aliphatic rings. The third-order valence-corrected chi connectivity index (χ3v) is 3.60. The van der Waals surface area contributed by atoms with Crippen molar-refractivity contribution < 1.29 is 4.74 Å². The molecule has 0 amide bonds. The first-order valence-corrected chi connectivity index (χ1v) is 6.72. The first-order valence-electron chi connectivity index (χ1n) is 5.92. The van der Waals surface area contributed by atoms with Gasteiger partial charge in [0.1, 0.15) is 12.4 Å². The molecule has 0 spiro atoms. The van der Waals surface area contributed by atoms with Crippen molar-refractivity contribution >= 4 is 27.6 Å². The van der Waals surface area contributed by atoms with Crippen molar-refractivity contribution in [1.82, 2.24) is 0 Å². The van der Waals surface area contributed by atoms with Crippen LogP contribution < -0.4 is 4.74 Å². The molecular weight excluding hydrogens is 288 g/mol. The standard InChI is InChI=1S/C16H13BrO/c1-11-2-4-12(5-3-11)14-8-13-9-15(17)6-7-16(13)18-10-14/h2-9H,10H2,1H3. The Morgan fingerprint density at radius 2 is 1.83 bits per heavy atom. The summed E-state index contributed by atoms with van der Waals surface area (Å²) in [4.78, 5) is 0. The molecule has 3 rings (SSSR count). The number of hydrogen-bond donors (Lipinski definition) is 0. The highest BCUT2D eigenvalue weighted by Gasteiger charge is 2.12. The Morgan fingerprint density at radius 3 is 2.61 bits per heavy atom. The number of fused-ring (bicyclic) bond motifs is 1. The van der Waals surface area contributed by atoms with Crippen LogP contribution in [0.1, 0.15) is 16.7 Å². The summed E-state index contributed by atoms with van der Waals surface area (Å²) in [5.41, 5.74) is 4.86. The van der Waals surface area contributed by atoms with Crippen molar-refractivity contribution in [1.29, 1.82) is 0 Å². The van der Waals surface area contributed by atoms with Gasteiger partial charge in [0.05, 0.1) is 0 Å². The van der Waals surface area contributed by atoms with E-state index in [9.17, 15) is 0 Å². The normalized spacial score (nSPS) is 13.6. The molecule has 90 valence electrons. The summed E-state index contributed by atoms with van der Waals surface area (Å²) in [7, 11) is 0. The molecule has 1 heterocycles. The molecule has 0 saturated carbocycles. The maximum atomic E-state index is 5.79. The summed E-state index contributed by atoms with van der Waals surface area (Å²) in [6.45, 7) is 2.74. The van der Waals surface area contributed by atoms with Gasteiger partial charge < -0.3 is 4.74 Å². The zero-order valence-electron chi connectivity index (χ0n) is 10.1. The van der Waals surface area contributed by atoms with Crippen molar-refractivity contribution in [3.05, 3.63) is 63.6 Å². The minimum atomic E-state index is 0.637. The van der Waals surface area contributed by atoms with E-state index < -0.39 is 0 Å². The number of benzene rings is 2. The number of rotatable bonds is 1. The number of halogens is 1. The first kappa shape index (κ1) is 11.5. The topological polar surface area (TPSA) is 9.23 Å². The van der Waals surface area contributed by atoms with Gasteiger partial charge in [-0.1, -0.05) is 45.8 Å². The monoisotopic (exact) mass is 300 g/mol. The van der Waals surface area contributed by atoms with Crippen LogP contribution in [0.25, 0.3) is 11.6 Å². The van der Waals surface area contributed by atoms with E-state index in [4.69, 9.17) is 4.74 Å². The van der Waals surface area contributed by atoms with Crippen LogP contribution in [-0.2, 0) is 0 Å². The molecule has 0 bridgehead atoms. The molecule has 0 fully saturated rings. The van der Waals surface area contributed by atoms with Gasteiger partial charge in [0.25, 0.3) is 0 Å². The Hall–Kier alpha value is -1.54. The molecule has 0 unspecified atom stereocenters. The second-order valence-corrected chi connectivity index (χ2v) is 5.42. The van der Waals surface area contributed by atoms with Crippen LogP contribution in [0.2, 0.25) is 0 Å². The number of ether oxygens (including phenoxy) is 1.